The summed E-state index contributed by atoms with van der Waals surface area (Å²) in [6.45, 7) is 3.19. The molecule has 0 saturated heterocycles. The fourth-order valence-corrected chi connectivity index (χ4v) is 3.17. The molecule has 0 amide bonds. The van der Waals surface area contributed by atoms with E-state index < -0.39 is 22.1 Å². The molecule has 0 unspecified atom stereocenters. The number of hydrogen-bond donors (Lipinski definition) is 1. The smallest absolute Gasteiger partial charge is 0.291 e. The first-order valence-electron chi connectivity index (χ1n) is 8.40. The van der Waals surface area contributed by atoms with Gasteiger partial charge in [-0.25, -0.2) is 0 Å². The minimum absolute atomic E-state index is 0.0131. The summed E-state index contributed by atoms with van der Waals surface area (Å²) in [5, 5.41) is 23.5. The van der Waals surface area contributed by atoms with Crippen molar-refractivity contribution in [3.63, 3.8) is 0 Å². The van der Waals surface area contributed by atoms with Crippen molar-refractivity contribution in [2.75, 3.05) is 0 Å². The largest absolute Gasteiger partial charge is 0.463 e. The lowest BCUT2D eigenvalue weighted by Crippen LogP contribution is -2.28. The number of H-pyrrole nitrogens is 1. The lowest BCUT2D eigenvalue weighted by atomic mass is 9.97. The summed E-state index contributed by atoms with van der Waals surface area (Å²) in [6, 6.07) is 8.64. The zero-order valence-electron chi connectivity index (χ0n) is 15.2. The Hall–Kier alpha value is -4.50. The van der Waals surface area contributed by atoms with Crippen molar-refractivity contribution in [1.82, 2.24) is 14.6 Å². The zero-order chi connectivity index (χ0) is 20.9. The van der Waals surface area contributed by atoms with Gasteiger partial charge in [0.2, 0.25) is 5.43 Å². The summed E-state index contributed by atoms with van der Waals surface area (Å²) < 4.78 is 6.29. The van der Waals surface area contributed by atoms with Gasteiger partial charge in [0.25, 0.3) is 11.1 Å². The second kappa shape index (κ2) is 6.29. The molecule has 0 aliphatic heterocycles. The minimum atomic E-state index is -0.861. The Balaban J connectivity index is 2.26. The Labute approximate surface area is 161 Å². The first-order chi connectivity index (χ1) is 13.9. The number of nitrogens with zero attached hydrogens (tertiary/aromatic N) is 4. The summed E-state index contributed by atoms with van der Waals surface area (Å²) in [5.74, 6) is 0. The lowest BCUT2D eigenvalue weighted by Gasteiger charge is -2.10. The van der Waals surface area contributed by atoms with Crippen LogP contribution >= 0.6 is 0 Å². The van der Waals surface area contributed by atoms with Crippen LogP contribution in [0.25, 0.3) is 27.7 Å². The Kier molecular flexibility index (Phi) is 3.88. The predicted octanol–water partition coefficient (Wildman–Crippen LogP) is 1.52. The summed E-state index contributed by atoms with van der Waals surface area (Å²) in [6.07, 6.45) is 1.10. The molecule has 0 fully saturated rings. The van der Waals surface area contributed by atoms with Gasteiger partial charge in [-0.2, -0.15) is 20.1 Å². The van der Waals surface area contributed by atoms with Crippen molar-refractivity contribution in [2.45, 2.75) is 13.8 Å². The maximum atomic E-state index is 13.1. The minimum Gasteiger partial charge on any atom is -0.463 e. The molecule has 0 bridgehead atoms. The molecule has 1 N–H and O–H groups in total. The first-order valence-corrected chi connectivity index (χ1v) is 8.40. The van der Waals surface area contributed by atoms with Crippen LogP contribution in [-0.4, -0.2) is 14.6 Å². The number of hydrogen-bond acceptors (Lipinski definition) is 7. The molecule has 140 valence electrons. The number of nitriles is 2. The standard InChI is InChI=1S/C20H11N5O4/c1-9-3-4-15-11(5-9)17(26)14(8-29-15)16-12(6-21)18-23-19(27)10(2)24-25(18)20(28)13(16)7-22/h3-5,8H,1-2H3,(H,23,27). The van der Waals surface area contributed by atoms with Crippen molar-refractivity contribution in [3.05, 3.63) is 77.8 Å². The van der Waals surface area contributed by atoms with Crippen LogP contribution in [0.4, 0.5) is 0 Å². The van der Waals surface area contributed by atoms with E-state index in [-0.39, 0.29) is 33.4 Å². The molecular weight excluding hydrogens is 374 g/mol. The third-order valence-electron chi connectivity index (χ3n) is 4.59. The third-order valence-corrected chi connectivity index (χ3v) is 4.59. The Morgan fingerprint density at radius 2 is 1.83 bits per heavy atom. The fraction of sp³-hybridized carbons (Fsp3) is 0.100. The van der Waals surface area contributed by atoms with Gasteiger partial charge in [0.05, 0.1) is 10.9 Å². The summed E-state index contributed by atoms with van der Waals surface area (Å²) in [4.78, 5) is 40.4. The second-order valence-electron chi connectivity index (χ2n) is 6.43. The van der Waals surface area contributed by atoms with Gasteiger partial charge in [0, 0.05) is 5.56 Å². The van der Waals surface area contributed by atoms with Crippen LogP contribution in [0.1, 0.15) is 22.4 Å². The average molecular weight is 385 g/mol. The van der Waals surface area contributed by atoms with Crippen LogP contribution in [0.15, 0.2) is 43.3 Å². The summed E-state index contributed by atoms with van der Waals surface area (Å²) >= 11 is 0. The van der Waals surface area contributed by atoms with E-state index in [1.807, 2.05) is 6.07 Å². The molecular formula is C20H11N5O4. The Morgan fingerprint density at radius 3 is 2.52 bits per heavy atom. The zero-order valence-corrected chi connectivity index (χ0v) is 15.2. The van der Waals surface area contributed by atoms with Gasteiger partial charge in [0.1, 0.15) is 40.8 Å². The number of rotatable bonds is 1. The van der Waals surface area contributed by atoms with E-state index in [9.17, 15) is 24.9 Å². The first kappa shape index (κ1) is 17.9. The number of fused-ring (bicyclic) bond motifs is 2. The van der Waals surface area contributed by atoms with Crippen LogP contribution in [0, 0.1) is 36.5 Å². The highest BCUT2D eigenvalue weighted by atomic mass is 16.3. The molecule has 0 radical (unpaired) electrons. The Bertz CT molecular complexity index is 1610. The van der Waals surface area contributed by atoms with Crippen LogP contribution in [0.2, 0.25) is 0 Å². The van der Waals surface area contributed by atoms with Gasteiger partial charge in [-0.15, -0.1) is 0 Å². The normalized spacial score (nSPS) is 10.8. The van der Waals surface area contributed by atoms with Gasteiger partial charge >= 0.3 is 0 Å². The van der Waals surface area contributed by atoms with Gasteiger partial charge in [0.15, 0.2) is 5.65 Å². The highest BCUT2D eigenvalue weighted by Crippen LogP contribution is 2.27. The number of aromatic nitrogens is 3. The fourth-order valence-electron chi connectivity index (χ4n) is 3.17. The van der Waals surface area contributed by atoms with E-state index in [4.69, 9.17) is 4.42 Å². The monoisotopic (exact) mass is 385 g/mol. The number of pyridine rings is 1. The molecule has 0 atom stereocenters. The predicted molar refractivity (Wildman–Crippen MR) is 102 cm³/mol. The number of aryl methyl sites for hydroxylation is 2. The van der Waals surface area contributed by atoms with Crippen LogP contribution in [-0.2, 0) is 0 Å². The molecule has 3 aromatic heterocycles. The number of nitrogens with one attached hydrogen (secondary N) is 1. The third kappa shape index (κ3) is 2.53. The van der Waals surface area contributed by atoms with Crippen molar-refractivity contribution in [3.8, 4) is 23.3 Å². The molecule has 9 heteroatoms. The van der Waals surface area contributed by atoms with Gasteiger partial charge < -0.3 is 9.40 Å². The highest BCUT2D eigenvalue weighted by molar-refractivity contribution is 5.87. The highest BCUT2D eigenvalue weighted by Gasteiger charge is 2.24. The maximum Gasteiger partial charge on any atom is 0.291 e. The maximum absolute atomic E-state index is 13.1. The van der Waals surface area contributed by atoms with Crippen molar-refractivity contribution >= 4 is 16.6 Å². The van der Waals surface area contributed by atoms with Gasteiger partial charge in [-0.05, 0) is 26.0 Å². The van der Waals surface area contributed by atoms with Gasteiger partial charge in [-0.3, -0.25) is 14.4 Å². The van der Waals surface area contributed by atoms with E-state index in [0.29, 0.717) is 5.58 Å². The summed E-state index contributed by atoms with van der Waals surface area (Å²) in [5.41, 5.74) is -2.05. The van der Waals surface area contributed by atoms with Gasteiger partial charge in [-0.1, -0.05) is 11.6 Å². The molecule has 0 saturated carbocycles. The van der Waals surface area contributed by atoms with E-state index in [1.165, 1.54) is 6.92 Å². The molecule has 0 aliphatic rings. The number of aromatic amines is 1. The lowest BCUT2D eigenvalue weighted by molar-refractivity contribution is 0.604. The van der Waals surface area contributed by atoms with Crippen LogP contribution in [0.3, 0.4) is 0 Å². The molecule has 9 nitrogen and oxygen atoms in total. The SMILES string of the molecule is Cc1ccc2occ(-c3c(C#N)c(=O)n4nc(C)c(=O)[nH]c4c3C#N)c(=O)c2c1. The molecule has 3 heterocycles. The van der Waals surface area contributed by atoms with Crippen molar-refractivity contribution in [2.24, 2.45) is 0 Å². The van der Waals surface area contributed by atoms with E-state index in [1.54, 1.807) is 31.2 Å². The van der Waals surface area contributed by atoms with E-state index in [0.717, 1.165) is 16.3 Å². The average Bonchev–Trinajstić information content (AvgIpc) is 2.70. The molecule has 1 aromatic carbocycles. The molecule has 4 aromatic rings. The molecule has 29 heavy (non-hydrogen) atoms. The van der Waals surface area contributed by atoms with Crippen LogP contribution < -0.4 is 16.5 Å². The van der Waals surface area contributed by atoms with Crippen LogP contribution in [0.5, 0.6) is 0 Å². The second-order valence-corrected chi connectivity index (χ2v) is 6.43. The molecule has 0 spiro atoms. The topological polar surface area (TPSA) is 145 Å². The van der Waals surface area contributed by atoms with Crippen molar-refractivity contribution in [1.29, 1.82) is 10.5 Å². The quantitative estimate of drug-likeness (QED) is 0.523. The Morgan fingerprint density at radius 1 is 1.10 bits per heavy atom. The molecule has 4 rings (SSSR count). The van der Waals surface area contributed by atoms with E-state index >= 15 is 0 Å². The number of benzene rings is 1. The summed E-state index contributed by atoms with van der Waals surface area (Å²) in [7, 11) is 0. The van der Waals surface area contributed by atoms with E-state index in [2.05, 4.69) is 10.1 Å². The molecule has 0 aliphatic carbocycles. The van der Waals surface area contributed by atoms with Crippen molar-refractivity contribution < 1.29 is 4.42 Å².